The minimum Gasteiger partial charge on any atom is -0.469 e. The summed E-state index contributed by atoms with van der Waals surface area (Å²) >= 11 is 1.68. The number of hydrogen-bond donors (Lipinski definition) is 1. The van der Waals surface area contributed by atoms with Gasteiger partial charge in [0.25, 0.3) is 0 Å². The van der Waals surface area contributed by atoms with E-state index in [-0.39, 0.29) is 0 Å². The van der Waals surface area contributed by atoms with Crippen LogP contribution in [0.3, 0.4) is 0 Å². The Morgan fingerprint density at radius 3 is 2.95 bits per heavy atom. The van der Waals surface area contributed by atoms with Crippen LogP contribution in [0.5, 0.6) is 0 Å². The second-order valence-electron chi connectivity index (χ2n) is 4.71. The molecule has 3 nitrogen and oxygen atoms in total. The highest BCUT2D eigenvalue weighted by molar-refractivity contribution is 7.16. The average Bonchev–Trinajstić information content (AvgIpc) is 2.99. The molecule has 98 valence electrons. The summed E-state index contributed by atoms with van der Waals surface area (Å²) in [6.07, 6.45) is 1.81. The third-order valence-electron chi connectivity index (χ3n) is 3.34. The second kappa shape index (κ2) is 5.15. The maximum absolute atomic E-state index is 5.40. The second-order valence-corrected chi connectivity index (χ2v) is 5.60. The van der Waals surface area contributed by atoms with E-state index in [2.05, 4.69) is 35.4 Å². The molecule has 0 fully saturated rings. The topological polar surface area (TPSA) is 38.1 Å². The summed E-state index contributed by atoms with van der Waals surface area (Å²) in [6.45, 7) is 5.76. The average molecular weight is 272 g/mol. The number of rotatable bonds is 4. The van der Waals surface area contributed by atoms with Gasteiger partial charge in [-0.3, -0.25) is 0 Å². The van der Waals surface area contributed by atoms with Gasteiger partial charge in [0.05, 0.1) is 22.0 Å². The third-order valence-corrected chi connectivity index (χ3v) is 4.15. The number of hydrogen-bond acceptors (Lipinski definition) is 4. The Hall–Kier alpha value is -1.65. The van der Waals surface area contributed by atoms with Gasteiger partial charge in [0.1, 0.15) is 5.76 Å². The summed E-state index contributed by atoms with van der Waals surface area (Å²) in [6, 6.07) is 6.44. The van der Waals surface area contributed by atoms with Gasteiger partial charge in [-0.1, -0.05) is 6.07 Å². The van der Waals surface area contributed by atoms with Gasteiger partial charge in [0.2, 0.25) is 0 Å². The lowest BCUT2D eigenvalue weighted by Crippen LogP contribution is -2.13. The van der Waals surface area contributed by atoms with Crippen molar-refractivity contribution in [2.45, 2.75) is 26.9 Å². The van der Waals surface area contributed by atoms with Gasteiger partial charge in [-0.05, 0) is 37.1 Å². The molecule has 0 bridgehead atoms. The molecule has 0 amide bonds. The lowest BCUT2D eigenvalue weighted by Gasteiger charge is -2.05. The monoisotopic (exact) mass is 272 g/mol. The van der Waals surface area contributed by atoms with Crippen LogP contribution in [-0.4, -0.2) is 4.98 Å². The Morgan fingerprint density at radius 1 is 1.26 bits per heavy atom. The molecular weight excluding hydrogens is 256 g/mol. The molecule has 19 heavy (non-hydrogen) atoms. The molecule has 0 saturated carbocycles. The highest BCUT2D eigenvalue weighted by atomic mass is 32.1. The fourth-order valence-corrected chi connectivity index (χ4v) is 2.86. The van der Waals surface area contributed by atoms with Gasteiger partial charge in [0.15, 0.2) is 0 Å². The van der Waals surface area contributed by atoms with Crippen LogP contribution in [0.2, 0.25) is 0 Å². The number of benzene rings is 1. The highest BCUT2D eigenvalue weighted by Gasteiger charge is 2.06. The predicted molar refractivity (Wildman–Crippen MR) is 78.3 cm³/mol. The Balaban J connectivity index is 1.66. The molecule has 0 atom stereocenters. The fraction of sp³-hybridized carbons (Fsp3) is 0.267. The van der Waals surface area contributed by atoms with Gasteiger partial charge < -0.3 is 9.73 Å². The van der Waals surface area contributed by atoms with E-state index in [1.807, 2.05) is 18.7 Å². The minimum atomic E-state index is 0.837. The molecule has 0 aliphatic carbocycles. The fourth-order valence-electron chi connectivity index (χ4n) is 2.21. The molecule has 0 unspecified atom stereocenters. The number of furan rings is 1. The summed E-state index contributed by atoms with van der Waals surface area (Å²) < 4.78 is 6.64. The standard InChI is InChI=1S/C15H16N2OS/c1-10-8-18-11(2)13(10)7-16-6-12-3-4-15-14(5-12)17-9-19-15/h3-5,8-9,16H,6-7H2,1-2H3. The van der Waals surface area contributed by atoms with Crippen LogP contribution in [0.4, 0.5) is 0 Å². The van der Waals surface area contributed by atoms with E-state index < -0.39 is 0 Å². The first-order valence-corrected chi connectivity index (χ1v) is 7.18. The minimum absolute atomic E-state index is 0.837. The molecule has 0 aliphatic heterocycles. The van der Waals surface area contributed by atoms with Crippen molar-refractivity contribution in [2.24, 2.45) is 0 Å². The lowest BCUT2D eigenvalue weighted by atomic mass is 10.1. The number of aromatic nitrogens is 1. The highest BCUT2D eigenvalue weighted by Crippen LogP contribution is 2.19. The largest absolute Gasteiger partial charge is 0.469 e. The number of fused-ring (bicyclic) bond motifs is 1. The van der Waals surface area contributed by atoms with E-state index in [1.54, 1.807) is 11.3 Å². The SMILES string of the molecule is Cc1coc(C)c1CNCc1ccc2scnc2c1. The van der Waals surface area contributed by atoms with Crippen molar-refractivity contribution in [3.63, 3.8) is 0 Å². The maximum atomic E-state index is 5.40. The molecule has 2 heterocycles. The number of thiazole rings is 1. The van der Waals surface area contributed by atoms with Crippen molar-refractivity contribution < 1.29 is 4.42 Å². The van der Waals surface area contributed by atoms with Crippen LogP contribution in [-0.2, 0) is 13.1 Å². The first kappa shape index (κ1) is 12.4. The van der Waals surface area contributed by atoms with E-state index in [1.165, 1.54) is 21.4 Å². The van der Waals surface area contributed by atoms with E-state index in [0.29, 0.717) is 0 Å². The van der Waals surface area contributed by atoms with Gasteiger partial charge in [-0.15, -0.1) is 11.3 Å². The van der Waals surface area contributed by atoms with Gasteiger partial charge in [0, 0.05) is 18.7 Å². The van der Waals surface area contributed by atoms with Crippen LogP contribution in [0.25, 0.3) is 10.2 Å². The molecule has 0 aliphatic rings. The molecule has 1 N–H and O–H groups in total. The van der Waals surface area contributed by atoms with Crippen LogP contribution in [0, 0.1) is 13.8 Å². The van der Waals surface area contributed by atoms with E-state index in [9.17, 15) is 0 Å². The summed E-state index contributed by atoms with van der Waals surface area (Å²) in [5.41, 5.74) is 6.70. The molecule has 1 aromatic carbocycles. The summed E-state index contributed by atoms with van der Waals surface area (Å²) in [7, 11) is 0. The Labute approximate surface area is 116 Å². The van der Waals surface area contributed by atoms with Crippen LogP contribution in [0.1, 0.15) is 22.5 Å². The first-order chi connectivity index (χ1) is 9.24. The molecule has 3 aromatic rings. The van der Waals surface area contributed by atoms with Crippen LogP contribution >= 0.6 is 11.3 Å². The van der Waals surface area contributed by atoms with E-state index in [0.717, 1.165) is 24.4 Å². The number of nitrogens with zero attached hydrogens (tertiary/aromatic N) is 1. The maximum Gasteiger partial charge on any atom is 0.105 e. The first-order valence-electron chi connectivity index (χ1n) is 6.30. The summed E-state index contributed by atoms with van der Waals surface area (Å²) in [4.78, 5) is 4.34. The van der Waals surface area contributed by atoms with Crippen molar-refractivity contribution in [3.8, 4) is 0 Å². The molecular formula is C15H16N2OS. The van der Waals surface area contributed by atoms with Gasteiger partial charge in [-0.25, -0.2) is 4.98 Å². The summed E-state index contributed by atoms with van der Waals surface area (Å²) in [5, 5.41) is 3.46. The molecule has 2 aromatic heterocycles. The van der Waals surface area contributed by atoms with Crippen molar-refractivity contribution in [3.05, 3.63) is 52.4 Å². The van der Waals surface area contributed by atoms with Gasteiger partial charge >= 0.3 is 0 Å². The van der Waals surface area contributed by atoms with Crippen LogP contribution in [0.15, 0.2) is 34.4 Å². The molecule has 0 spiro atoms. The molecule has 3 rings (SSSR count). The molecule has 4 heteroatoms. The smallest absolute Gasteiger partial charge is 0.105 e. The van der Waals surface area contributed by atoms with Crippen molar-refractivity contribution in [1.82, 2.24) is 10.3 Å². The van der Waals surface area contributed by atoms with Gasteiger partial charge in [-0.2, -0.15) is 0 Å². The lowest BCUT2D eigenvalue weighted by molar-refractivity contribution is 0.525. The molecule has 0 saturated heterocycles. The Morgan fingerprint density at radius 2 is 2.16 bits per heavy atom. The number of nitrogens with one attached hydrogen (secondary N) is 1. The predicted octanol–water partition coefficient (Wildman–Crippen LogP) is 3.80. The summed E-state index contributed by atoms with van der Waals surface area (Å²) in [5.74, 6) is 1.000. The Kier molecular flexibility index (Phi) is 3.36. The zero-order valence-electron chi connectivity index (χ0n) is 11.1. The quantitative estimate of drug-likeness (QED) is 0.785. The normalized spacial score (nSPS) is 11.3. The molecule has 0 radical (unpaired) electrons. The van der Waals surface area contributed by atoms with Crippen LogP contribution < -0.4 is 5.32 Å². The van der Waals surface area contributed by atoms with Crippen molar-refractivity contribution >= 4 is 21.6 Å². The zero-order valence-corrected chi connectivity index (χ0v) is 11.9. The van der Waals surface area contributed by atoms with Crippen molar-refractivity contribution in [2.75, 3.05) is 0 Å². The number of aryl methyl sites for hydroxylation is 2. The van der Waals surface area contributed by atoms with E-state index in [4.69, 9.17) is 4.42 Å². The van der Waals surface area contributed by atoms with E-state index >= 15 is 0 Å². The van der Waals surface area contributed by atoms with Crippen molar-refractivity contribution in [1.29, 1.82) is 0 Å². The third kappa shape index (κ3) is 2.55. The Bertz CT molecular complexity index is 680. The zero-order chi connectivity index (χ0) is 13.2.